The van der Waals surface area contributed by atoms with Gasteiger partial charge in [0.25, 0.3) is 0 Å². The Kier molecular flexibility index (Phi) is 2.08. The first-order valence-corrected chi connectivity index (χ1v) is 4.99. The van der Waals surface area contributed by atoms with Crippen LogP contribution in [-0.2, 0) is 0 Å². The van der Waals surface area contributed by atoms with Gasteiger partial charge in [0.2, 0.25) is 0 Å². The monoisotopic (exact) mass is 227 g/mol. The Balaban J connectivity index is 1.91. The minimum Gasteiger partial charge on any atom is -0.399 e. The van der Waals surface area contributed by atoms with Gasteiger partial charge in [-0.2, -0.15) is 0 Å². The number of anilines is 3. The number of rotatable bonds is 2. The summed E-state index contributed by atoms with van der Waals surface area (Å²) >= 11 is 0. The van der Waals surface area contributed by atoms with E-state index in [9.17, 15) is 0 Å². The van der Waals surface area contributed by atoms with Crippen molar-refractivity contribution in [2.75, 3.05) is 11.1 Å². The summed E-state index contributed by atoms with van der Waals surface area (Å²) in [7, 11) is 0. The lowest BCUT2D eigenvalue weighted by atomic mass is 10.3. The van der Waals surface area contributed by atoms with E-state index < -0.39 is 0 Å². The molecule has 7 nitrogen and oxygen atoms in total. The van der Waals surface area contributed by atoms with E-state index in [1.54, 1.807) is 6.07 Å². The zero-order chi connectivity index (χ0) is 11.7. The van der Waals surface area contributed by atoms with Crippen LogP contribution in [0.2, 0.25) is 0 Å². The van der Waals surface area contributed by atoms with Gasteiger partial charge in [0.05, 0.1) is 0 Å². The highest BCUT2D eigenvalue weighted by molar-refractivity contribution is 5.59. The summed E-state index contributed by atoms with van der Waals surface area (Å²) in [6.07, 6.45) is 0. The van der Waals surface area contributed by atoms with Crippen LogP contribution in [0.4, 0.5) is 17.2 Å². The lowest BCUT2D eigenvalue weighted by Crippen LogP contribution is -2.00. The summed E-state index contributed by atoms with van der Waals surface area (Å²) in [5, 5.41) is 18.3. The molecule has 2 aromatic heterocycles. The molecule has 0 aliphatic carbocycles. The van der Waals surface area contributed by atoms with Gasteiger partial charge in [0.15, 0.2) is 11.5 Å². The van der Waals surface area contributed by atoms with Gasteiger partial charge in [-0.3, -0.25) is 0 Å². The predicted molar refractivity (Wildman–Crippen MR) is 62.7 cm³/mol. The van der Waals surface area contributed by atoms with Crippen LogP contribution in [0.3, 0.4) is 0 Å². The number of benzene rings is 1. The molecule has 0 aliphatic heterocycles. The zero-order valence-corrected chi connectivity index (χ0v) is 8.78. The summed E-state index contributed by atoms with van der Waals surface area (Å²) < 4.78 is 1.36. The predicted octanol–water partition coefficient (Wildman–Crippen LogP) is 0.845. The number of fused-ring (bicyclic) bond motifs is 1. The van der Waals surface area contributed by atoms with Gasteiger partial charge >= 0.3 is 0 Å². The number of tetrazole rings is 1. The minimum atomic E-state index is 0.604. The molecular formula is C10H9N7. The van der Waals surface area contributed by atoms with Crippen LogP contribution in [-0.4, -0.2) is 25.3 Å². The average molecular weight is 227 g/mol. The summed E-state index contributed by atoms with van der Waals surface area (Å²) in [5.74, 6) is 0.662. The molecule has 0 saturated heterocycles. The smallest absolute Gasteiger partial charge is 0.200 e. The first-order valence-electron chi connectivity index (χ1n) is 4.99. The first kappa shape index (κ1) is 9.52. The quantitative estimate of drug-likeness (QED) is 0.630. The lowest BCUT2D eigenvalue weighted by molar-refractivity contribution is 0.736. The number of nitrogens with two attached hydrogens (primary N) is 1. The van der Waals surface area contributed by atoms with Crippen LogP contribution in [0, 0.1) is 0 Å². The summed E-state index contributed by atoms with van der Waals surface area (Å²) in [6.45, 7) is 0. The zero-order valence-electron chi connectivity index (χ0n) is 8.78. The van der Waals surface area contributed by atoms with Crippen molar-refractivity contribution in [1.82, 2.24) is 25.3 Å². The van der Waals surface area contributed by atoms with Crippen LogP contribution < -0.4 is 11.1 Å². The van der Waals surface area contributed by atoms with E-state index in [0.717, 1.165) is 11.4 Å². The molecule has 7 heteroatoms. The summed E-state index contributed by atoms with van der Waals surface area (Å²) in [4.78, 5) is 0. The first-order chi connectivity index (χ1) is 8.31. The number of aromatic nitrogens is 5. The van der Waals surface area contributed by atoms with Gasteiger partial charge in [0.1, 0.15) is 0 Å². The Morgan fingerprint density at radius 1 is 1.06 bits per heavy atom. The van der Waals surface area contributed by atoms with Crippen molar-refractivity contribution in [3.63, 3.8) is 0 Å². The van der Waals surface area contributed by atoms with Crippen LogP contribution in [0.15, 0.2) is 36.4 Å². The van der Waals surface area contributed by atoms with Crippen LogP contribution in [0.1, 0.15) is 0 Å². The van der Waals surface area contributed by atoms with Gasteiger partial charge in [-0.15, -0.1) is 14.8 Å². The second-order valence-corrected chi connectivity index (χ2v) is 3.49. The average Bonchev–Trinajstić information content (AvgIpc) is 2.79. The Hall–Kier alpha value is -2.70. The van der Waals surface area contributed by atoms with E-state index in [-0.39, 0.29) is 0 Å². The second-order valence-electron chi connectivity index (χ2n) is 3.49. The summed E-state index contributed by atoms with van der Waals surface area (Å²) in [6, 6.07) is 11.0. The molecule has 3 N–H and O–H groups in total. The Morgan fingerprint density at radius 3 is 2.71 bits per heavy atom. The number of nitrogens with zero attached hydrogens (tertiary/aromatic N) is 5. The van der Waals surface area contributed by atoms with Crippen molar-refractivity contribution in [2.24, 2.45) is 0 Å². The molecule has 0 aliphatic rings. The third kappa shape index (κ3) is 1.85. The molecule has 17 heavy (non-hydrogen) atoms. The molecule has 0 atom stereocenters. The highest BCUT2D eigenvalue weighted by Gasteiger charge is 2.00. The molecule has 2 heterocycles. The lowest BCUT2D eigenvalue weighted by Gasteiger charge is -2.04. The van der Waals surface area contributed by atoms with Gasteiger partial charge in [-0.1, -0.05) is 0 Å². The summed E-state index contributed by atoms with van der Waals surface area (Å²) in [5.41, 5.74) is 7.83. The fourth-order valence-electron chi connectivity index (χ4n) is 1.43. The van der Waals surface area contributed by atoms with Gasteiger partial charge in [-0.05, 0) is 46.8 Å². The van der Waals surface area contributed by atoms with E-state index in [1.165, 1.54) is 4.63 Å². The van der Waals surface area contributed by atoms with Crippen molar-refractivity contribution in [3.8, 4) is 0 Å². The SMILES string of the molecule is Nc1ccc(Nc2ccc3nnnn3n2)cc1. The molecule has 0 bridgehead atoms. The van der Waals surface area contributed by atoms with E-state index in [1.807, 2.05) is 30.3 Å². The fraction of sp³-hybridized carbons (Fsp3) is 0. The van der Waals surface area contributed by atoms with Crippen molar-refractivity contribution in [3.05, 3.63) is 36.4 Å². The topological polar surface area (TPSA) is 94.0 Å². The van der Waals surface area contributed by atoms with Crippen LogP contribution >= 0.6 is 0 Å². The maximum absolute atomic E-state index is 5.61. The molecule has 84 valence electrons. The van der Waals surface area contributed by atoms with Crippen molar-refractivity contribution in [2.45, 2.75) is 0 Å². The highest BCUT2D eigenvalue weighted by Crippen LogP contribution is 2.15. The Morgan fingerprint density at radius 2 is 1.88 bits per heavy atom. The standard InChI is InChI=1S/C10H9N7/c11-7-1-3-8(4-2-7)12-9-5-6-10-13-15-16-17(10)14-9/h1-6H,11H2,(H,12,14). The number of nitrogen functional groups attached to an aromatic ring is 1. The number of hydrogen-bond acceptors (Lipinski definition) is 6. The molecule has 3 rings (SSSR count). The Bertz CT molecular complexity index is 643. The maximum atomic E-state index is 5.61. The second kappa shape index (κ2) is 3.71. The maximum Gasteiger partial charge on any atom is 0.200 e. The molecule has 1 aromatic carbocycles. The van der Waals surface area contributed by atoms with Crippen molar-refractivity contribution in [1.29, 1.82) is 0 Å². The highest BCUT2D eigenvalue weighted by atomic mass is 15.6. The molecule has 0 amide bonds. The Labute approximate surface area is 96.2 Å². The van der Waals surface area contributed by atoms with E-state index in [2.05, 4.69) is 25.9 Å². The van der Waals surface area contributed by atoms with E-state index >= 15 is 0 Å². The fourth-order valence-corrected chi connectivity index (χ4v) is 1.43. The van der Waals surface area contributed by atoms with Crippen molar-refractivity contribution < 1.29 is 0 Å². The third-order valence-electron chi connectivity index (χ3n) is 2.25. The molecule has 0 spiro atoms. The molecule has 0 saturated carbocycles. The number of hydrogen-bond donors (Lipinski definition) is 2. The van der Waals surface area contributed by atoms with Gasteiger partial charge in [-0.25, -0.2) is 0 Å². The molecule has 3 aromatic rings. The largest absolute Gasteiger partial charge is 0.399 e. The molecular weight excluding hydrogens is 218 g/mol. The third-order valence-corrected chi connectivity index (χ3v) is 2.25. The molecule has 0 unspecified atom stereocenters. The van der Waals surface area contributed by atoms with E-state index in [4.69, 9.17) is 5.73 Å². The normalized spacial score (nSPS) is 10.6. The number of nitrogens with one attached hydrogen (secondary N) is 1. The van der Waals surface area contributed by atoms with Gasteiger partial charge in [0, 0.05) is 11.4 Å². The molecule has 0 fully saturated rings. The van der Waals surface area contributed by atoms with Crippen LogP contribution in [0.5, 0.6) is 0 Å². The van der Waals surface area contributed by atoms with Gasteiger partial charge < -0.3 is 11.1 Å². The van der Waals surface area contributed by atoms with Crippen molar-refractivity contribution >= 4 is 22.8 Å². The van der Waals surface area contributed by atoms with Crippen LogP contribution in [0.25, 0.3) is 5.65 Å². The molecule has 0 radical (unpaired) electrons. The minimum absolute atomic E-state index is 0.604. The van der Waals surface area contributed by atoms with E-state index in [0.29, 0.717) is 11.5 Å².